The van der Waals surface area contributed by atoms with Gasteiger partial charge in [-0.2, -0.15) is 4.37 Å². The Kier molecular flexibility index (Phi) is 3.01. The Labute approximate surface area is 91.7 Å². The summed E-state index contributed by atoms with van der Waals surface area (Å²) in [4.78, 5) is 0. The summed E-state index contributed by atoms with van der Waals surface area (Å²) < 4.78 is 4.84. The smallest absolute Gasteiger partial charge is 0.141 e. The van der Waals surface area contributed by atoms with Gasteiger partial charge in [0.05, 0.1) is 0 Å². The number of aromatic nitrogens is 1. The Balaban J connectivity index is 1.95. The van der Waals surface area contributed by atoms with E-state index in [4.69, 9.17) is 11.6 Å². The highest BCUT2D eigenvalue weighted by molar-refractivity contribution is 7.10. The maximum absolute atomic E-state index is 5.76. The van der Waals surface area contributed by atoms with Crippen molar-refractivity contribution in [2.45, 2.75) is 6.54 Å². The molecule has 0 atom stereocenters. The minimum absolute atomic E-state index is 0.709. The SMILES string of the molecule is Clc1cc(NCc2ccccc2)ns1. The molecule has 0 bridgehead atoms. The number of benzene rings is 1. The van der Waals surface area contributed by atoms with Crippen molar-refractivity contribution in [1.82, 2.24) is 4.37 Å². The molecule has 0 spiro atoms. The van der Waals surface area contributed by atoms with Crippen LogP contribution in [0, 0.1) is 0 Å². The quantitative estimate of drug-likeness (QED) is 0.865. The van der Waals surface area contributed by atoms with E-state index in [2.05, 4.69) is 21.8 Å². The van der Waals surface area contributed by atoms with Gasteiger partial charge in [-0.25, -0.2) is 0 Å². The van der Waals surface area contributed by atoms with E-state index in [9.17, 15) is 0 Å². The Morgan fingerprint density at radius 1 is 1.29 bits per heavy atom. The molecule has 1 aromatic heterocycles. The van der Waals surface area contributed by atoms with Crippen molar-refractivity contribution in [1.29, 1.82) is 0 Å². The lowest BCUT2D eigenvalue weighted by atomic mass is 10.2. The summed E-state index contributed by atoms with van der Waals surface area (Å²) in [6.07, 6.45) is 0. The molecule has 0 aliphatic carbocycles. The van der Waals surface area contributed by atoms with Crippen molar-refractivity contribution in [2.75, 3.05) is 5.32 Å². The molecule has 72 valence electrons. The normalized spacial score (nSPS) is 10.1. The highest BCUT2D eigenvalue weighted by atomic mass is 35.5. The molecular formula is C10H9ClN2S. The van der Waals surface area contributed by atoms with Crippen LogP contribution in [0.25, 0.3) is 0 Å². The number of nitrogens with zero attached hydrogens (tertiary/aromatic N) is 1. The zero-order valence-electron chi connectivity index (χ0n) is 7.40. The molecule has 0 unspecified atom stereocenters. The lowest BCUT2D eigenvalue weighted by Gasteiger charge is -2.01. The first-order valence-corrected chi connectivity index (χ1v) is 5.40. The summed E-state index contributed by atoms with van der Waals surface area (Å²) in [5.74, 6) is 0.837. The molecule has 2 nitrogen and oxygen atoms in total. The Morgan fingerprint density at radius 3 is 2.71 bits per heavy atom. The van der Waals surface area contributed by atoms with Gasteiger partial charge in [0.25, 0.3) is 0 Å². The number of hydrogen-bond donors (Lipinski definition) is 1. The Morgan fingerprint density at radius 2 is 2.07 bits per heavy atom. The van der Waals surface area contributed by atoms with Crippen LogP contribution in [0.5, 0.6) is 0 Å². The molecule has 2 rings (SSSR count). The summed E-state index contributed by atoms with van der Waals surface area (Å²) in [5, 5.41) is 3.20. The molecule has 2 aromatic rings. The van der Waals surface area contributed by atoms with E-state index in [1.54, 1.807) is 0 Å². The molecule has 0 aliphatic rings. The molecule has 1 aromatic carbocycles. The van der Waals surface area contributed by atoms with Gasteiger partial charge in [0.15, 0.2) is 0 Å². The van der Waals surface area contributed by atoms with E-state index < -0.39 is 0 Å². The van der Waals surface area contributed by atoms with Crippen LogP contribution in [-0.2, 0) is 6.54 Å². The van der Waals surface area contributed by atoms with Gasteiger partial charge in [0.1, 0.15) is 10.2 Å². The number of hydrogen-bond acceptors (Lipinski definition) is 3. The lowest BCUT2D eigenvalue weighted by molar-refractivity contribution is 1.13. The second-order valence-electron chi connectivity index (χ2n) is 2.86. The topological polar surface area (TPSA) is 24.9 Å². The van der Waals surface area contributed by atoms with E-state index in [1.165, 1.54) is 17.1 Å². The van der Waals surface area contributed by atoms with Gasteiger partial charge in [-0.15, -0.1) is 0 Å². The Bertz CT molecular complexity index is 400. The minimum Gasteiger partial charge on any atom is -0.365 e. The van der Waals surface area contributed by atoms with Gasteiger partial charge in [-0.05, 0) is 17.1 Å². The van der Waals surface area contributed by atoms with Crippen LogP contribution in [0.3, 0.4) is 0 Å². The first-order valence-electron chi connectivity index (χ1n) is 4.24. The van der Waals surface area contributed by atoms with E-state index in [1.807, 2.05) is 24.3 Å². The van der Waals surface area contributed by atoms with Gasteiger partial charge in [0, 0.05) is 12.6 Å². The number of nitrogens with one attached hydrogen (secondary N) is 1. The average Bonchev–Trinajstić information content (AvgIpc) is 2.63. The summed E-state index contributed by atoms with van der Waals surface area (Å²) >= 11 is 7.05. The zero-order valence-corrected chi connectivity index (χ0v) is 8.98. The fraction of sp³-hybridized carbons (Fsp3) is 0.100. The largest absolute Gasteiger partial charge is 0.365 e. The van der Waals surface area contributed by atoms with Gasteiger partial charge < -0.3 is 5.32 Å². The third-order valence-electron chi connectivity index (χ3n) is 1.80. The van der Waals surface area contributed by atoms with E-state index in [-0.39, 0.29) is 0 Å². The fourth-order valence-electron chi connectivity index (χ4n) is 1.12. The van der Waals surface area contributed by atoms with Crippen LogP contribution in [0.2, 0.25) is 4.34 Å². The number of rotatable bonds is 3. The van der Waals surface area contributed by atoms with Crippen molar-refractivity contribution >= 4 is 29.0 Å². The molecule has 1 heterocycles. The molecule has 14 heavy (non-hydrogen) atoms. The van der Waals surface area contributed by atoms with Crippen molar-refractivity contribution < 1.29 is 0 Å². The monoisotopic (exact) mass is 224 g/mol. The second-order valence-corrected chi connectivity index (χ2v) is 4.29. The third-order valence-corrected chi connectivity index (χ3v) is 2.69. The molecule has 0 radical (unpaired) electrons. The number of halogens is 1. The Hall–Kier alpha value is -1.06. The maximum atomic E-state index is 5.76. The lowest BCUT2D eigenvalue weighted by Crippen LogP contribution is -1.98. The summed E-state index contributed by atoms with van der Waals surface area (Å²) in [7, 11) is 0. The van der Waals surface area contributed by atoms with Crippen LogP contribution >= 0.6 is 23.1 Å². The van der Waals surface area contributed by atoms with Gasteiger partial charge in [-0.3, -0.25) is 0 Å². The summed E-state index contributed by atoms with van der Waals surface area (Å²) in [6, 6.07) is 12.0. The zero-order chi connectivity index (χ0) is 9.80. The van der Waals surface area contributed by atoms with Crippen LogP contribution in [-0.4, -0.2) is 4.37 Å². The molecule has 0 amide bonds. The number of anilines is 1. The molecular weight excluding hydrogens is 216 g/mol. The maximum Gasteiger partial charge on any atom is 0.141 e. The van der Waals surface area contributed by atoms with Crippen LogP contribution in [0.1, 0.15) is 5.56 Å². The van der Waals surface area contributed by atoms with Crippen molar-refractivity contribution in [2.24, 2.45) is 0 Å². The van der Waals surface area contributed by atoms with Crippen molar-refractivity contribution in [3.05, 3.63) is 46.3 Å². The van der Waals surface area contributed by atoms with Crippen molar-refractivity contribution in [3.8, 4) is 0 Å². The predicted octanol–water partition coefficient (Wildman–Crippen LogP) is 3.41. The minimum atomic E-state index is 0.709. The molecule has 0 aliphatic heterocycles. The highest BCUT2D eigenvalue weighted by Gasteiger charge is 1.98. The molecule has 0 saturated heterocycles. The van der Waals surface area contributed by atoms with E-state index in [0.717, 1.165) is 12.4 Å². The first kappa shape index (κ1) is 9.49. The summed E-state index contributed by atoms with van der Waals surface area (Å²) in [6.45, 7) is 0.779. The van der Waals surface area contributed by atoms with Gasteiger partial charge in [-0.1, -0.05) is 41.9 Å². The van der Waals surface area contributed by atoms with Gasteiger partial charge >= 0.3 is 0 Å². The van der Waals surface area contributed by atoms with Crippen LogP contribution < -0.4 is 5.32 Å². The van der Waals surface area contributed by atoms with Crippen LogP contribution in [0.4, 0.5) is 5.82 Å². The highest BCUT2D eigenvalue weighted by Crippen LogP contribution is 2.19. The first-order chi connectivity index (χ1) is 6.84. The fourth-order valence-corrected chi connectivity index (χ4v) is 1.80. The second kappa shape index (κ2) is 4.44. The van der Waals surface area contributed by atoms with Crippen LogP contribution in [0.15, 0.2) is 36.4 Å². The van der Waals surface area contributed by atoms with E-state index in [0.29, 0.717) is 4.34 Å². The van der Waals surface area contributed by atoms with E-state index >= 15 is 0 Å². The predicted molar refractivity (Wildman–Crippen MR) is 60.9 cm³/mol. The average molecular weight is 225 g/mol. The summed E-state index contributed by atoms with van der Waals surface area (Å²) in [5.41, 5.74) is 1.23. The van der Waals surface area contributed by atoms with Crippen molar-refractivity contribution in [3.63, 3.8) is 0 Å². The molecule has 4 heteroatoms. The molecule has 1 N–H and O–H groups in total. The standard InChI is InChI=1S/C10H9ClN2S/c11-9-6-10(13-14-9)12-7-8-4-2-1-3-5-8/h1-6H,7H2,(H,12,13). The molecule has 0 saturated carbocycles. The van der Waals surface area contributed by atoms with Gasteiger partial charge in [0.2, 0.25) is 0 Å². The third kappa shape index (κ3) is 2.47. The molecule has 0 fully saturated rings.